The Morgan fingerprint density at radius 1 is 1.36 bits per heavy atom. The molecule has 0 aliphatic carbocycles. The molecule has 0 radical (unpaired) electrons. The van der Waals surface area contributed by atoms with Crippen LogP contribution >= 0.6 is 22.3 Å². The summed E-state index contributed by atoms with van der Waals surface area (Å²) in [5, 5.41) is 4.29. The summed E-state index contributed by atoms with van der Waals surface area (Å²) in [6.45, 7) is 0. The lowest BCUT2D eigenvalue weighted by atomic mass is 10.4. The number of hydrogen-bond acceptors (Lipinski definition) is 3. The van der Waals surface area contributed by atoms with Crippen molar-refractivity contribution < 1.29 is 8.42 Å². The molecule has 0 unspecified atom stereocenters. The predicted octanol–water partition coefficient (Wildman–Crippen LogP) is 1.92. The number of aromatic nitrogens is 2. The molecule has 74 valence electrons. The predicted molar refractivity (Wildman–Crippen MR) is 53.2 cm³/mol. The van der Waals surface area contributed by atoms with E-state index < -0.39 is 9.05 Å². The van der Waals surface area contributed by atoms with Crippen LogP contribution in [0.25, 0.3) is 5.52 Å². The maximum Gasteiger partial charge on any atom is 0.265 e. The third kappa shape index (κ3) is 1.58. The smallest absolute Gasteiger partial charge is 0.238 e. The highest BCUT2D eigenvalue weighted by Crippen LogP contribution is 2.21. The molecule has 0 aliphatic rings. The first-order valence-electron chi connectivity index (χ1n) is 3.56. The van der Waals surface area contributed by atoms with Crippen LogP contribution in [0.2, 0.25) is 5.02 Å². The molecule has 0 aliphatic heterocycles. The fourth-order valence-electron chi connectivity index (χ4n) is 1.12. The molecule has 0 amide bonds. The van der Waals surface area contributed by atoms with Crippen molar-refractivity contribution in [2.75, 3.05) is 0 Å². The Morgan fingerprint density at radius 2 is 2.07 bits per heavy atom. The fraction of sp³-hybridized carbons (Fsp3) is 0. The maximum absolute atomic E-state index is 11.1. The van der Waals surface area contributed by atoms with Gasteiger partial charge in [-0.2, -0.15) is 5.10 Å². The quantitative estimate of drug-likeness (QED) is 0.727. The van der Waals surface area contributed by atoms with Gasteiger partial charge in [-0.25, -0.2) is 12.9 Å². The van der Waals surface area contributed by atoms with Gasteiger partial charge in [0.2, 0.25) is 0 Å². The number of nitrogens with zero attached hydrogens (tertiary/aromatic N) is 2. The lowest BCUT2D eigenvalue weighted by Gasteiger charge is -1.95. The molecule has 14 heavy (non-hydrogen) atoms. The second kappa shape index (κ2) is 3.12. The zero-order valence-electron chi connectivity index (χ0n) is 6.68. The van der Waals surface area contributed by atoms with E-state index in [1.807, 2.05) is 0 Å². The molecular weight excluding hydrogens is 247 g/mol. The first-order valence-corrected chi connectivity index (χ1v) is 6.25. The molecule has 0 saturated heterocycles. The second-order valence-corrected chi connectivity index (χ2v) is 5.59. The van der Waals surface area contributed by atoms with E-state index in [1.54, 1.807) is 12.1 Å². The number of fused-ring (bicyclic) bond motifs is 1. The summed E-state index contributed by atoms with van der Waals surface area (Å²) in [7, 11) is 1.45. The Hall–Kier alpha value is -0.780. The van der Waals surface area contributed by atoms with Crippen LogP contribution in [0.15, 0.2) is 29.4 Å². The van der Waals surface area contributed by atoms with Gasteiger partial charge in [0.15, 0.2) is 0 Å². The molecule has 0 atom stereocenters. The first kappa shape index (κ1) is 9.76. The maximum atomic E-state index is 11.1. The normalized spacial score (nSPS) is 12.1. The van der Waals surface area contributed by atoms with Crippen LogP contribution in [0.1, 0.15) is 0 Å². The minimum Gasteiger partial charge on any atom is -0.238 e. The van der Waals surface area contributed by atoms with E-state index in [0.717, 1.165) is 0 Å². The molecule has 0 saturated carbocycles. The molecule has 0 fully saturated rings. The SMILES string of the molecule is O=S(=O)(Cl)c1cnn2cc(Cl)ccc12. The first-order chi connectivity index (χ1) is 6.48. The average Bonchev–Trinajstić information content (AvgIpc) is 2.45. The van der Waals surface area contributed by atoms with Gasteiger partial charge in [0.05, 0.1) is 16.7 Å². The molecule has 0 aromatic carbocycles. The Kier molecular flexibility index (Phi) is 2.17. The average molecular weight is 251 g/mol. The summed E-state index contributed by atoms with van der Waals surface area (Å²) in [5.41, 5.74) is 0.407. The van der Waals surface area contributed by atoms with Crippen molar-refractivity contribution in [3.05, 3.63) is 29.5 Å². The third-order valence-corrected chi connectivity index (χ3v) is 3.27. The summed E-state index contributed by atoms with van der Waals surface area (Å²) in [4.78, 5) is -0.0177. The van der Waals surface area contributed by atoms with E-state index >= 15 is 0 Å². The summed E-state index contributed by atoms with van der Waals surface area (Å²) in [5.74, 6) is 0. The molecule has 2 aromatic heterocycles. The Balaban J connectivity index is 2.83. The highest BCUT2D eigenvalue weighted by Gasteiger charge is 2.16. The van der Waals surface area contributed by atoms with Gasteiger partial charge >= 0.3 is 0 Å². The number of pyridine rings is 1. The molecule has 2 rings (SSSR count). The van der Waals surface area contributed by atoms with Gasteiger partial charge in [-0.1, -0.05) is 11.6 Å². The highest BCUT2D eigenvalue weighted by atomic mass is 35.7. The van der Waals surface area contributed by atoms with E-state index in [0.29, 0.717) is 10.5 Å². The van der Waals surface area contributed by atoms with Crippen LogP contribution in [-0.2, 0) is 9.05 Å². The van der Waals surface area contributed by atoms with Gasteiger partial charge < -0.3 is 0 Å². The van der Waals surface area contributed by atoms with E-state index in [1.165, 1.54) is 16.9 Å². The second-order valence-electron chi connectivity index (χ2n) is 2.62. The van der Waals surface area contributed by atoms with Crippen molar-refractivity contribution in [2.45, 2.75) is 4.90 Å². The van der Waals surface area contributed by atoms with Crippen molar-refractivity contribution in [1.29, 1.82) is 0 Å². The largest absolute Gasteiger partial charge is 0.265 e. The van der Waals surface area contributed by atoms with Gasteiger partial charge in [-0.05, 0) is 12.1 Å². The minimum absolute atomic E-state index is 0.0177. The van der Waals surface area contributed by atoms with Crippen molar-refractivity contribution in [3.63, 3.8) is 0 Å². The van der Waals surface area contributed by atoms with Gasteiger partial charge in [0, 0.05) is 16.9 Å². The van der Waals surface area contributed by atoms with Gasteiger partial charge in [0.25, 0.3) is 9.05 Å². The van der Waals surface area contributed by atoms with Crippen LogP contribution < -0.4 is 0 Å². The lowest BCUT2D eigenvalue weighted by molar-refractivity contribution is 0.610. The van der Waals surface area contributed by atoms with Crippen LogP contribution in [0.3, 0.4) is 0 Å². The topological polar surface area (TPSA) is 51.4 Å². The summed E-state index contributed by atoms with van der Waals surface area (Å²) < 4.78 is 23.5. The summed E-state index contributed by atoms with van der Waals surface area (Å²) in [6, 6.07) is 3.12. The van der Waals surface area contributed by atoms with E-state index in [4.69, 9.17) is 22.3 Å². The van der Waals surface area contributed by atoms with Crippen LogP contribution in [-0.4, -0.2) is 18.0 Å². The molecule has 2 heterocycles. The third-order valence-electron chi connectivity index (χ3n) is 1.71. The molecule has 4 nitrogen and oxygen atoms in total. The minimum atomic E-state index is -3.75. The zero-order chi connectivity index (χ0) is 10.3. The van der Waals surface area contributed by atoms with E-state index in [2.05, 4.69) is 5.10 Å². The number of rotatable bonds is 1. The van der Waals surface area contributed by atoms with Crippen molar-refractivity contribution in [1.82, 2.24) is 9.61 Å². The fourth-order valence-corrected chi connectivity index (χ4v) is 2.22. The van der Waals surface area contributed by atoms with E-state index in [9.17, 15) is 8.42 Å². The molecule has 0 bridgehead atoms. The van der Waals surface area contributed by atoms with Gasteiger partial charge in [0.1, 0.15) is 4.90 Å². The summed E-state index contributed by atoms with van der Waals surface area (Å²) >= 11 is 5.70. The van der Waals surface area contributed by atoms with Gasteiger partial charge in [-0.3, -0.25) is 0 Å². The van der Waals surface area contributed by atoms with Crippen LogP contribution in [0.4, 0.5) is 0 Å². The number of hydrogen-bond donors (Lipinski definition) is 0. The highest BCUT2D eigenvalue weighted by molar-refractivity contribution is 8.13. The molecule has 7 heteroatoms. The lowest BCUT2D eigenvalue weighted by Crippen LogP contribution is -1.90. The molecular formula is C7H4Cl2N2O2S. The summed E-state index contributed by atoms with van der Waals surface area (Å²) in [6.07, 6.45) is 2.69. The molecule has 2 aromatic rings. The Bertz CT molecular complexity index is 591. The van der Waals surface area contributed by atoms with Crippen LogP contribution in [0.5, 0.6) is 0 Å². The van der Waals surface area contributed by atoms with Crippen molar-refractivity contribution in [2.24, 2.45) is 0 Å². The monoisotopic (exact) mass is 250 g/mol. The zero-order valence-corrected chi connectivity index (χ0v) is 9.01. The number of halogens is 2. The Morgan fingerprint density at radius 3 is 2.71 bits per heavy atom. The van der Waals surface area contributed by atoms with E-state index in [-0.39, 0.29) is 4.90 Å². The molecule has 0 spiro atoms. The Labute approximate surface area is 89.5 Å². The van der Waals surface area contributed by atoms with Crippen molar-refractivity contribution >= 4 is 36.9 Å². The van der Waals surface area contributed by atoms with Crippen molar-refractivity contribution in [3.8, 4) is 0 Å². The molecule has 0 N–H and O–H groups in total. The van der Waals surface area contributed by atoms with Gasteiger partial charge in [-0.15, -0.1) is 0 Å². The standard InChI is InChI=1S/C7H4Cl2N2O2S/c8-5-1-2-6-7(14(9,12)13)3-10-11(6)4-5/h1-4H. The van der Waals surface area contributed by atoms with Crippen LogP contribution in [0, 0.1) is 0 Å².